The molecule has 0 aliphatic rings. The van der Waals surface area contributed by atoms with E-state index in [-0.39, 0.29) is 31.1 Å². The lowest BCUT2D eigenvalue weighted by molar-refractivity contribution is -0.167. The summed E-state index contributed by atoms with van der Waals surface area (Å²) < 4.78 is 16.9. The van der Waals surface area contributed by atoms with Gasteiger partial charge in [-0.1, -0.05) is 326 Å². The van der Waals surface area contributed by atoms with Crippen LogP contribution in [0.4, 0.5) is 0 Å². The average Bonchev–Trinajstić information content (AvgIpc) is 3.45. The summed E-state index contributed by atoms with van der Waals surface area (Å²) in [4.78, 5) is 38.4. The van der Waals surface area contributed by atoms with Gasteiger partial charge in [0.25, 0.3) is 0 Å². The molecule has 0 heterocycles. The number of carbonyl (C=O) groups excluding carboxylic acids is 3. The molecular formula is C73H132O6. The van der Waals surface area contributed by atoms with Crippen LogP contribution >= 0.6 is 0 Å². The molecule has 0 saturated heterocycles. The molecule has 460 valence electrons. The second kappa shape index (κ2) is 67.6. The number of esters is 3. The number of hydrogen-bond acceptors (Lipinski definition) is 6. The van der Waals surface area contributed by atoms with Crippen molar-refractivity contribution in [2.24, 2.45) is 0 Å². The normalized spacial score (nSPS) is 12.4. The molecule has 0 saturated carbocycles. The molecule has 0 rings (SSSR count). The first-order valence-electron chi connectivity index (χ1n) is 34.8. The van der Waals surface area contributed by atoms with Crippen molar-refractivity contribution in [2.45, 2.75) is 374 Å². The minimum absolute atomic E-state index is 0.0821. The second-order valence-corrected chi connectivity index (χ2v) is 23.4. The number of hydrogen-bond donors (Lipinski definition) is 0. The summed E-state index contributed by atoms with van der Waals surface area (Å²) in [5.41, 5.74) is 0. The van der Waals surface area contributed by atoms with E-state index in [2.05, 4.69) is 81.5 Å². The van der Waals surface area contributed by atoms with Gasteiger partial charge in [-0.3, -0.25) is 14.4 Å². The molecule has 0 N–H and O–H groups in total. The lowest BCUT2D eigenvalue weighted by atomic mass is 10.0. The average molecular weight is 1110 g/mol. The van der Waals surface area contributed by atoms with Gasteiger partial charge in [-0.05, 0) is 83.5 Å². The van der Waals surface area contributed by atoms with Crippen LogP contribution in [0.1, 0.15) is 367 Å². The van der Waals surface area contributed by atoms with Gasteiger partial charge >= 0.3 is 17.9 Å². The molecule has 1 atom stereocenters. The molecule has 0 aromatic rings. The molecule has 0 fully saturated rings. The number of ether oxygens (including phenoxy) is 3. The third kappa shape index (κ3) is 65.8. The van der Waals surface area contributed by atoms with E-state index in [1.165, 1.54) is 238 Å². The van der Waals surface area contributed by atoms with Crippen molar-refractivity contribution < 1.29 is 28.6 Å². The monoisotopic (exact) mass is 1110 g/mol. The van der Waals surface area contributed by atoms with Crippen molar-refractivity contribution in [3.05, 3.63) is 60.8 Å². The Morgan fingerprint density at radius 3 is 0.785 bits per heavy atom. The van der Waals surface area contributed by atoms with Crippen molar-refractivity contribution >= 4 is 17.9 Å². The first-order chi connectivity index (χ1) is 39.0. The van der Waals surface area contributed by atoms with E-state index in [9.17, 15) is 14.4 Å². The first kappa shape index (κ1) is 76.1. The maximum absolute atomic E-state index is 12.9. The molecule has 0 radical (unpaired) electrons. The molecule has 1 unspecified atom stereocenters. The van der Waals surface area contributed by atoms with Crippen molar-refractivity contribution in [3.8, 4) is 0 Å². The topological polar surface area (TPSA) is 78.9 Å². The van der Waals surface area contributed by atoms with Crippen molar-refractivity contribution in [3.63, 3.8) is 0 Å². The van der Waals surface area contributed by atoms with Crippen LogP contribution in [-0.2, 0) is 28.6 Å². The van der Waals surface area contributed by atoms with Gasteiger partial charge in [-0.15, -0.1) is 0 Å². The summed E-state index contributed by atoms with van der Waals surface area (Å²) >= 11 is 0. The SMILES string of the molecule is CC/C=C\C/C=C\C/C=C\CCCCCC(=O)OCC(COC(=O)CCCCCCCCCCCCCCCCCCCCCCCCCCCCC)OC(=O)CCCCCCCCCCC/C=C\C/C=C\CCCCCCC. The minimum Gasteiger partial charge on any atom is -0.462 e. The molecule has 0 amide bonds. The Hall–Kier alpha value is -2.89. The van der Waals surface area contributed by atoms with Crippen LogP contribution in [0.5, 0.6) is 0 Å². The van der Waals surface area contributed by atoms with Crippen LogP contribution in [0.2, 0.25) is 0 Å². The fourth-order valence-corrected chi connectivity index (χ4v) is 10.3. The van der Waals surface area contributed by atoms with Gasteiger partial charge in [0.15, 0.2) is 6.10 Å². The largest absolute Gasteiger partial charge is 0.462 e. The summed E-state index contributed by atoms with van der Waals surface area (Å²) in [7, 11) is 0. The van der Waals surface area contributed by atoms with Crippen LogP contribution in [-0.4, -0.2) is 37.2 Å². The van der Waals surface area contributed by atoms with E-state index in [0.29, 0.717) is 19.3 Å². The van der Waals surface area contributed by atoms with Gasteiger partial charge in [-0.2, -0.15) is 0 Å². The fraction of sp³-hybridized carbons (Fsp3) is 0.822. The van der Waals surface area contributed by atoms with Gasteiger partial charge in [0.1, 0.15) is 13.2 Å². The van der Waals surface area contributed by atoms with Crippen LogP contribution in [0.3, 0.4) is 0 Å². The smallest absolute Gasteiger partial charge is 0.306 e. The molecule has 0 aromatic carbocycles. The van der Waals surface area contributed by atoms with Crippen LogP contribution in [0.15, 0.2) is 60.8 Å². The Bertz CT molecular complexity index is 1410. The van der Waals surface area contributed by atoms with Crippen LogP contribution < -0.4 is 0 Å². The Labute approximate surface area is 491 Å². The number of rotatable bonds is 64. The molecule has 6 heteroatoms. The Morgan fingerprint density at radius 2 is 0.494 bits per heavy atom. The first-order valence-corrected chi connectivity index (χ1v) is 34.8. The predicted octanol–water partition coefficient (Wildman–Crippen LogP) is 23.9. The summed E-state index contributed by atoms with van der Waals surface area (Å²) in [5.74, 6) is -0.896. The highest BCUT2D eigenvalue weighted by Gasteiger charge is 2.19. The van der Waals surface area contributed by atoms with Crippen molar-refractivity contribution in [2.75, 3.05) is 13.2 Å². The molecule has 0 aromatic heterocycles. The zero-order chi connectivity index (χ0) is 57.1. The molecule has 0 aliphatic heterocycles. The van der Waals surface area contributed by atoms with E-state index in [1.54, 1.807) is 0 Å². The zero-order valence-electron chi connectivity index (χ0n) is 52.9. The van der Waals surface area contributed by atoms with E-state index < -0.39 is 6.10 Å². The second-order valence-electron chi connectivity index (χ2n) is 23.4. The molecule has 79 heavy (non-hydrogen) atoms. The number of unbranched alkanes of at least 4 members (excludes halogenated alkanes) is 43. The molecule has 6 nitrogen and oxygen atoms in total. The highest BCUT2D eigenvalue weighted by molar-refractivity contribution is 5.71. The lowest BCUT2D eigenvalue weighted by Gasteiger charge is -2.18. The maximum atomic E-state index is 12.9. The standard InChI is InChI=1S/C73H132O6/c1-4-7-10-13-16-19-22-25-27-29-31-33-34-35-36-37-38-40-41-43-45-48-51-54-57-60-63-66-72(75)78-69-70(68-77-71(74)65-62-59-56-53-50-47-24-21-18-15-12-9-6-3)79-73(76)67-64-61-58-55-52-49-46-44-42-39-32-30-28-26-23-20-17-14-11-8-5-2/h9,12,18,21,23,26,30,32,47,50,70H,4-8,10-11,13-17,19-20,22,24-25,27-29,31,33-46,48-49,51-69H2,1-3H3/b12-9-,21-18-,26-23-,32-30-,50-47-. The highest BCUT2D eigenvalue weighted by atomic mass is 16.6. The summed E-state index contributed by atoms with van der Waals surface area (Å²) in [6, 6.07) is 0. The molecule has 0 bridgehead atoms. The van der Waals surface area contributed by atoms with Gasteiger partial charge in [0.05, 0.1) is 0 Å². The third-order valence-electron chi connectivity index (χ3n) is 15.5. The van der Waals surface area contributed by atoms with Crippen LogP contribution in [0.25, 0.3) is 0 Å². The Kier molecular flexibility index (Phi) is 65.1. The van der Waals surface area contributed by atoms with E-state index in [4.69, 9.17) is 14.2 Å². The van der Waals surface area contributed by atoms with Crippen molar-refractivity contribution in [1.82, 2.24) is 0 Å². The lowest BCUT2D eigenvalue weighted by Crippen LogP contribution is -2.30. The third-order valence-corrected chi connectivity index (χ3v) is 15.5. The van der Waals surface area contributed by atoms with Crippen LogP contribution in [0, 0.1) is 0 Å². The number of allylic oxidation sites excluding steroid dienone is 10. The quantitative estimate of drug-likeness (QED) is 0.0261. The predicted molar refractivity (Wildman–Crippen MR) is 344 cm³/mol. The van der Waals surface area contributed by atoms with Gasteiger partial charge in [0, 0.05) is 19.3 Å². The van der Waals surface area contributed by atoms with E-state index >= 15 is 0 Å². The van der Waals surface area contributed by atoms with Gasteiger partial charge < -0.3 is 14.2 Å². The molecule has 0 aliphatic carbocycles. The summed E-state index contributed by atoms with van der Waals surface area (Å²) in [6.07, 6.45) is 86.9. The fourth-order valence-electron chi connectivity index (χ4n) is 10.3. The minimum atomic E-state index is -0.789. The zero-order valence-corrected chi connectivity index (χ0v) is 52.9. The van der Waals surface area contributed by atoms with Gasteiger partial charge in [0.2, 0.25) is 0 Å². The van der Waals surface area contributed by atoms with Gasteiger partial charge in [-0.25, -0.2) is 0 Å². The number of carbonyl (C=O) groups is 3. The Balaban J connectivity index is 4.24. The van der Waals surface area contributed by atoms with E-state index in [1.807, 2.05) is 0 Å². The van der Waals surface area contributed by atoms with Crippen molar-refractivity contribution in [1.29, 1.82) is 0 Å². The summed E-state index contributed by atoms with van der Waals surface area (Å²) in [6.45, 7) is 6.55. The molecular weight excluding hydrogens is 973 g/mol. The highest BCUT2D eigenvalue weighted by Crippen LogP contribution is 2.18. The van der Waals surface area contributed by atoms with E-state index in [0.717, 1.165) is 89.9 Å². The Morgan fingerprint density at radius 1 is 0.266 bits per heavy atom. The maximum Gasteiger partial charge on any atom is 0.306 e. The summed E-state index contributed by atoms with van der Waals surface area (Å²) in [5, 5.41) is 0. The molecule has 0 spiro atoms.